The molecule has 12 nitrogen and oxygen atoms in total. The minimum Gasteiger partial charge on any atom is -0.497 e. The lowest BCUT2D eigenvalue weighted by Crippen LogP contribution is -2.03. The zero-order valence-corrected chi connectivity index (χ0v) is 24.1. The minimum absolute atomic E-state index is 0.00601. The van der Waals surface area contributed by atoms with Gasteiger partial charge in [-0.05, 0) is 72.3 Å². The van der Waals surface area contributed by atoms with Crippen LogP contribution in [0.4, 0.5) is 5.69 Å². The zero-order valence-electron chi connectivity index (χ0n) is 23.3. The van der Waals surface area contributed by atoms with Gasteiger partial charge >= 0.3 is 5.97 Å². The van der Waals surface area contributed by atoms with Crippen LogP contribution in [0.5, 0.6) is 23.0 Å². The van der Waals surface area contributed by atoms with Crippen LogP contribution in [-0.2, 0) is 17.9 Å². The second kappa shape index (κ2) is 13.5. The number of nitrogens with zero attached hydrogens (tertiary/aromatic N) is 4. The molecular weight excluding hydrogens is 564 g/mol. The van der Waals surface area contributed by atoms with Gasteiger partial charge in [-0.25, -0.2) is 4.79 Å². The Kier molecular flexibility index (Phi) is 9.65. The van der Waals surface area contributed by atoms with E-state index in [9.17, 15) is 20.0 Å². The van der Waals surface area contributed by atoms with Gasteiger partial charge in [-0.15, -0.1) is 10.2 Å². The molecule has 1 aromatic heterocycles. The van der Waals surface area contributed by atoms with Crippen LogP contribution >= 0.6 is 11.8 Å². The molecule has 0 saturated heterocycles. The zero-order chi connectivity index (χ0) is 30.2. The molecule has 42 heavy (non-hydrogen) atoms. The molecule has 0 spiro atoms. The van der Waals surface area contributed by atoms with Crippen molar-refractivity contribution in [2.75, 3.05) is 21.3 Å². The maximum absolute atomic E-state index is 12.2. The highest BCUT2D eigenvalue weighted by atomic mass is 32.2. The molecule has 0 saturated carbocycles. The van der Waals surface area contributed by atoms with Crippen molar-refractivity contribution in [3.8, 4) is 34.4 Å². The van der Waals surface area contributed by atoms with E-state index in [1.54, 1.807) is 62.8 Å². The highest BCUT2D eigenvalue weighted by Crippen LogP contribution is 2.35. The monoisotopic (exact) mass is 592 g/mol. The second-order valence-corrected chi connectivity index (χ2v) is 9.70. The molecule has 0 bridgehead atoms. The summed E-state index contributed by atoms with van der Waals surface area (Å²) in [6.45, 7) is 2.57. The van der Waals surface area contributed by atoms with Gasteiger partial charge in [-0.3, -0.25) is 10.1 Å². The Balaban J connectivity index is 1.57. The lowest BCUT2D eigenvalue weighted by atomic mass is 10.2. The van der Waals surface area contributed by atoms with Crippen LogP contribution in [0.25, 0.3) is 17.5 Å². The van der Waals surface area contributed by atoms with Crippen LogP contribution < -0.4 is 18.9 Å². The number of carbonyl (C=O) groups is 1. The van der Waals surface area contributed by atoms with E-state index >= 15 is 0 Å². The molecule has 4 aromatic rings. The first-order valence-electron chi connectivity index (χ1n) is 12.6. The molecule has 0 aliphatic carbocycles. The fourth-order valence-corrected chi connectivity index (χ4v) is 4.84. The fraction of sp³-hybridized carbons (Fsp3) is 0.207. The number of hydrogen-bond acceptors (Lipinski definition) is 10. The predicted molar refractivity (Wildman–Crippen MR) is 156 cm³/mol. The standard InChI is InChI=1S/C29H28N4O8S/c1-5-32-27(20-14-22(38-2)16-23(15-20)39-3)30-31-29(32)42-26(28(34)35)13-19-8-11-24(25(12-19)40-4)41-17-18-6-9-21(10-7-18)33(36)37/h6-16H,5,17H2,1-4H3,(H,34,35)/b26-13-. The molecule has 1 N–H and O–H groups in total. The minimum atomic E-state index is -1.13. The Bertz CT molecular complexity index is 1600. The van der Waals surface area contributed by atoms with Crippen LogP contribution in [0.2, 0.25) is 0 Å². The summed E-state index contributed by atoms with van der Waals surface area (Å²) in [4.78, 5) is 22.6. The van der Waals surface area contributed by atoms with E-state index in [1.807, 2.05) is 11.5 Å². The third-order valence-electron chi connectivity index (χ3n) is 6.08. The third-order valence-corrected chi connectivity index (χ3v) is 7.08. The van der Waals surface area contributed by atoms with Crippen molar-refractivity contribution in [3.05, 3.63) is 86.8 Å². The van der Waals surface area contributed by atoms with E-state index in [0.29, 0.717) is 51.7 Å². The number of nitro benzene ring substituents is 1. The Morgan fingerprint density at radius 3 is 2.24 bits per heavy atom. The SMILES string of the molecule is CCn1c(S/C(=C\c2ccc(OCc3ccc([N+](=O)[O-])cc3)c(OC)c2)C(=O)O)nnc1-c1cc(OC)cc(OC)c1. The van der Waals surface area contributed by atoms with E-state index in [1.165, 1.54) is 25.3 Å². The number of non-ortho nitro benzene ring substituents is 1. The second-order valence-electron chi connectivity index (χ2n) is 8.69. The Morgan fingerprint density at radius 2 is 1.67 bits per heavy atom. The summed E-state index contributed by atoms with van der Waals surface area (Å²) < 4.78 is 23.9. The van der Waals surface area contributed by atoms with Crippen molar-refractivity contribution in [1.29, 1.82) is 0 Å². The summed E-state index contributed by atoms with van der Waals surface area (Å²) in [6, 6.07) is 16.4. The van der Waals surface area contributed by atoms with Crippen LogP contribution in [0.15, 0.2) is 70.7 Å². The number of hydrogen-bond donors (Lipinski definition) is 1. The quantitative estimate of drug-likeness (QED) is 0.0882. The topological polar surface area (TPSA) is 148 Å². The van der Waals surface area contributed by atoms with Gasteiger partial charge in [0.05, 0.1) is 26.3 Å². The number of thioether (sulfide) groups is 1. The van der Waals surface area contributed by atoms with Gasteiger partial charge in [0.2, 0.25) is 0 Å². The van der Waals surface area contributed by atoms with Crippen LogP contribution in [0.3, 0.4) is 0 Å². The van der Waals surface area contributed by atoms with Crippen molar-refractivity contribution in [2.45, 2.75) is 25.2 Å². The molecule has 0 unspecified atom stereocenters. The normalized spacial score (nSPS) is 11.2. The van der Waals surface area contributed by atoms with Crippen molar-refractivity contribution in [1.82, 2.24) is 14.8 Å². The van der Waals surface area contributed by atoms with E-state index in [4.69, 9.17) is 18.9 Å². The van der Waals surface area contributed by atoms with Crippen LogP contribution in [0.1, 0.15) is 18.1 Å². The summed E-state index contributed by atoms with van der Waals surface area (Å²) in [7, 11) is 4.59. The maximum atomic E-state index is 12.2. The average molecular weight is 593 g/mol. The summed E-state index contributed by atoms with van der Waals surface area (Å²) in [5.41, 5.74) is 2.01. The first-order valence-corrected chi connectivity index (χ1v) is 13.4. The Morgan fingerprint density at radius 1 is 0.976 bits per heavy atom. The number of aromatic nitrogens is 3. The molecule has 0 fully saturated rings. The number of benzene rings is 3. The van der Waals surface area contributed by atoms with Crippen molar-refractivity contribution >= 4 is 29.5 Å². The van der Waals surface area contributed by atoms with E-state index in [-0.39, 0.29) is 17.2 Å². The molecule has 13 heteroatoms. The molecule has 1 heterocycles. The summed E-state index contributed by atoms with van der Waals surface area (Å²) in [5, 5.41) is 29.8. The van der Waals surface area contributed by atoms with Gasteiger partial charge in [-0.2, -0.15) is 0 Å². The molecule has 0 radical (unpaired) electrons. The maximum Gasteiger partial charge on any atom is 0.342 e. The summed E-state index contributed by atoms with van der Waals surface area (Å²) in [5.74, 6) is 1.41. The van der Waals surface area contributed by atoms with Gasteiger partial charge in [0.1, 0.15) is 23.0 Å². The summed E-state index contributed by atoms with van der Waals surface area (Å²) >= 11 is 0.975. The average Bonchev–Trinajstić information content (AvgIpc) is 3.42. The van der Waals surface area contributed by atoms with Crippen molar-refractivity contribution in [3.63, 3.8) is 0 Å². The third kappa shape index (κ3) is 6.99. The number of aliphatic carboxylic acids is 1. The Labute approximate surface area is 245 Å². The van der Waals surface area contributed by atoms with Crippen LogP contribution in [0, 0.1) is 10.1 Å². The van der Waals surface area contributed by atoms with Gasteiger partial charge in [0, 0.05) is 30.3 Å². The molecule has 218 valence electrons. The van der Waals surface area contributed by atoms with Crippen molar-refractivity contribution < 1.29 is 33.8 Å². The van der Waals surface area contributed by atoms with Gasteiger partial charge in [0.15, 0.2) is 22.5 Å². The lowest BCUT2D eigenvalue weighted by molar-refractivity contribution is -0.384. The largest absolute Gasteiger partial charge is 0.497 e. The number of rotatable bonds is 13. The molecule has 0 aliphatic rings. The highest BCUT2D eigenvalue weighted by Gasteiger charge is 2.20. The summed E-state index contributed by atoms with van der Waals surface area (Å²) in [6.07, 6.45) is 1.51. The molecular formula is C29H28N4O8S. The van der Waals surface area contributed by atoms with Crippen LogP contribution in [-0.4, -0.2) is 52.1 Å². The molecule has 3 aromatic carbocycles. The number of carboxylic acid groups (broad SMARTS) is 1. The first kappa shape index (κ1) is 29.9. The molecule has 4 rings (SSSR count). The smallest absolute Gasteiger partial charge is 0.342 e. The van der Waals surface area contributed by atoms with Gasteiger partial charge in [0.25, 0.3) is 5.69 Å². The lowest BCUT2D eigenvalue weighted by Gasteiger charge is -2.12. The number of nitro groups is 1. The number of carboxylic acids is 1. The highest BCUT2D eigenvalue weighted by molar-refractivity contribution is 8.04. The molecule has 0 aliphatic heterocycles. The van der Waals surface area contributed by atoms with Gasteiger partial charge in [-0.1, -0.05) is 6.07 Å². The van der Waals surface area contributed by atoms with Crippen molar-refractivity contribution in [2.24, 2.45) is 0 Å². The van der Waals surface area contributed by atoms with E-state index in [2.05, 4.69) is 10.2 Å². The van der Waals surface area contributed by atoms with E-state index in [0.717, 1.165) is 17.3 Å². The first-order chi connectivity index (χ1) is 20.3. The Hall–Kier alpha value is -5.04. The molecule has 0 atom stereocenters. The van der Waals surface area contributed by atoms with Gasteiger partial charge < -0.3 is 28.6 Å². The predicted octanol–water partition coefficient (Wildman–Crippen LogP) is 5.70. The molecule has 0 amide bonds. The number of ether oxygens (including phenoxy) is 4. The number of methoxy groups -OCH3 is 3. The van der Waals surface area contributed by atoms with E-state index < -0.39 is 10.9 Å². The fourth-order valence-electron chi connectivity index (χ4n) is 3.95.